The fraction of sp³-hybridized carbons (Fsp3) is 0.516. The molecule has 2 aromatic rings. The number of ether oxygens (including phenoxy) is 2. The summed E-state index contributed by atoms with van der Waals surface area (Å²) >= 11 is 0. The first kappa shape index (κ1) is 29.6. The van der Waals surface area contributed by atoms with Crippen molar-refractivity contribution in [2.24, 2.45) is 0 Å². The number of rotatable bonds is 8. The monoisotopic (exact) mass is 550 g/mol. The Morgan fingerprint density at radius 2 is 1.55 bits per heavy atom. The van der Waals surface area contributed by atoms with Crippen molar-refractivity contribution in [3.05, 3.63) is 71.8 Å². The second-order valence-electron chi connectivity index (χ2n) is 11.5. The van der Waals surface area contributed by atoms with E-state index in [-0.39, 0.29) is 24.3 Å². The van der Waals surface area contributed by atoms with Crippen LogP contribution in [0.5, 0.6) is 0 Å². The van der Waals surface area contributed by atoms with Crippen molar-refractivity contribution in [2.45, 2.75) is 57.8 Å². The summed E-state index contributed by atoms with van der Waals surface area (Å²) < 4.78 is 10.8. The zero-order chi connectivity index (χ0) is 28.5. The van der Waals surface area contributed by atoms with Crippen LogP contribution < -0.4 is 5.32 Å². The molecule has 2 aromatic carbocycles. The maximum atomic E-state index is 14.1. The predicted molar refractivity (Wildman–Crippen MR) is 153 cm³/mol. The van der Waals surface area contributed by atoms with Gasteiger partial charge < -0.3 is 24.6 Å². The molecule has 2 fully saturated rings. The average Bonchev–Trinajstić information content (AvgIpc) is 2.93. The van der Waals surface area contributed by atoms with Crippen molar-refractivity contribution in [1.29, 1.82) is 0 Å². The minimum Gasteiger partial charge on any atom is -0.444 e. The molecule has 2 aliphatic heterocycles. The van der Waals surface area contributed by atoms with Gasteiger partial charge in [0.05, 0.1) is 19.6 Å². The lowest BCUT2D eigenvalue weighted by atomic mass is 9.99. The Kier molecular flexibility index (Phi) is 10.2. The van der Waals surface area contributed by atoms with E-state index in [0.29, 0.717) is 52.4 Å². The van der Waals surface area contributed by atoms with Crippen molar-refractivity contribution in [1.82, 2.24) is 20.0 Å². The molecule has 1 N–H and O–H groups in total. The first-order chi connectivity index (χ1) is 19.2. The molecule has 0 radical (unpaired) electrons. The normalized spacial score (nSPS) is 19.1. The molecule has 40 heavy (non-hydrogen) atoms. The highest BCUT2D eigenvalue weighted by Crippen LogP contribution is 2.20. The summed E-state index contributed by atoms with van der Waals surface area (Å²) in [6, 6.07) is 19.3. The van der Waals surface area contributed by atoms with Gasteiger partial charge in [0, 0.05) is 45.3 Å². The van der Waals surface area contributed by atoms with Crippen LogP contribution >= 0.6 is 0 Å². The third-order valence-electron chi connectivity index (χ3n) is 7.14. The zero-order valence-electron chi connectivity index (χ0n) is 23.9. The minimum absolute atomic E-state index is 0.117. The van der Waals surface area contributed by atoms with Crippen LogP contribution in [0.25, 0.3) is 0 Å². The van der Waals surface area contributed by atoms with Crippen molar-refractivity contribution >= 4 is 17.9 Å². The van der Waals surface area contributed by atoms with Gasteiger partial charge in [0.2, 0.25) is 11.8 Å². The summed E-state index contributed by atoms with van der Waals surface area (Å²) in [6.07, 6.45) is -0.155. The lowest BCUT2D eigenvalue weighted by molar-refractivity contribution is -0.144. The summed E-state index contributed by atoms with van der Waals surface area (Å²) in [5.41, 5.74) is 1.62. The van der Waals surface area contributed by atoms with E-state index in [4.69, 9.17) is 9.47 Å². The molecule has 2 saturated heterocycles. The maximum absolute atomic E-state index is 14.1. The van der Waals surface area contributed by atoms with Crippen LogP contribution in [0.1, 0.15) is 38.3 Å². The number of piperazine rings is 1. The van der Waals surface area contributed by atoms with Gasteiger partial charge in [0.1, 0.15) is 11.6 Å². The van der Waals surface area contributed by atoms with Crippen molar-refractivity contribution in [2.75, 3.05) is 45.9 Å². The summed E-state index contributed by atoms with van der Waals surface area (Å²) in [7, 11) is 0. The Balaban J connectivity index is 1.53. The Hall–Kier alpha value is -3.43. The average molecular weight is 551 g/mol. The molecule has 2 atom stereocenters. The number of alkyl carbamates (subject to hydrolysis) is 1. The molecule has 9 heteroatoms. The van der Waals surface area contributed by atoms with Gasteiger partial charge in [-0.25, -0.2) is 4.79 Å². The summed E-state index contributed by atoms with van der Waals surface area (Å²) in [5.74, 6) is -0.437. The molecule has 3 amide bonds. The topological polar surface area (TPSA) is 91.4 Å². The van der Waals surface area contributed by atoms with Crippen LogP contribution in [0.2, 0.25) is 0 Å². The van der Waals surface area contributed by atoms with Gasteiger partial charge in [-0.05, 0) is 38.3 Å². The van der Waals surface area contributed by atoms with Crippen molar-refractivity contribution in [3.63, 3.8) is 0 Å². The summed E-state index contributed by atoms with van der Waals surface area (Å²) in [5, 5.41) is 2.73. The molecule has 2 heterocycles. The minimum atomic E-state index is -1.02. The Morgan fingerprint density at radius 3 is 2.17 bits per heavy atom. The van der Waals surface area contributed by atoms with Crippen LogP contribution in [0, 0.1) is 0 Å². The van der Waals surface area contributed by atoms with Gasteiger partial charge in [0.25, 0.3) is 0 Å². The molecule has 0 bridgehead atoms. The first-order valence-electron chi connectivity index (χ1n) is 14.1. The highest BCUT2D eigenvalue weighted by molar-refractivity contribution is 5.91. The molecule has 0 aromatic heterocycles. The number of amides is 3. The van der Waals surface area contributed by atoms with Crippen molar-refractivity contribution < 1.29 is 23.9 Å². The molecule has 9 nitrogen and oxygen atoms in total. The number of hydrogen-bond donors (Lipinski definition) is 1. The van der Waals surface area contributed by atoms with Crippen molar-refractivity contribution in [3.8, 4) is 0 Å². The zero-order valence-corrected chi connectivity index (χ0v) is 23.9. The van der Waals surface area contributed by atoms with Crippen LogP contribution in [0.15, 0.2) is 60.7 Å². The van der Waals surface area contributed by atoms with Gasteiger partial charge in [-0.3, -0.25) is 14.5 Å². The molecular formula is C31H42N4O5. The molecule has 2 aliphatic rings. The Morgan fingerprint density at radius 1 is 0.925 bits per heavy atom. The van der Waals surface area contributed by atoms with E-state index < -0.39 is 17.7 Å². The molecule has 0 saturated carbocycles. The van der Waals surface area contributed by atoms with E-state index in [2.05, 4.69) is 34.5 Å². The second-order valence-corrected chi connectivity index (χ2v) is 11.5. The standard InChI is InChI=1S/C31H42N4O5/c1-31(2,3)40-30(38)32-27(21-28(36)34-16-18-39-19-17-34)29(37)35-15-14-33(22-25-12-8-5-9-13-25)23-26(35)20-24-10-6-4-7-11-24/h4-13,26-27H,14-23H2,1-3H3,(H,32,38)/t26-,27-/m0/s1. The van der Waals surface area contributed by atoms with E-state index in [1.807, 2.05) is 41.3 Å². The highest BCUT2D eigenvalue weighted by Gasteiger charge is 2.37. The molecule has 0 aliphatic carbocycles. The summed E-state index contributed by atoms with van der Waals surface area (Å²) in [4.78, 5) is 46.0. The number of morpholine rings is 1. The number of carbonyl (C=O) groups excluding carboxylic acids is 3. The number of hydrogen-bond acceptors (Lipinski definition) is 6. The number of carbonyl (C=O) groups is 3. The van der Waals surface area contributed by atoms with E-state index in [9.17, 15) is 14.4 Å². The molecule has 4 rings (SSSR count). The van der Waals surface area contributed by atoms with Crippen LogP contribution in [-0.2, 0) is 32.0 Å². The smallest absolute Gasteiger partial charge is 0.408 e. The number of nitrogens with one attached hydrogen (secondary N) is 1. The highest BCUT2D eigenvalue weighted by atomic mass is 16.6. The Bertz CT molecular complexity index is 1120. The molecule has 0 unspecified atom stereocenters. The molecule has 0 spiro atoms. The Labute approximate surface area is 237 Å². The van der Waals surface area contributed by atoms with E-state index in [1.165, 1.54) is 5.56 Å². The van der Waals surface area contributed by atoms with E-state index in [0.717, 1.165) is 12.1 Å². The fourth-order valence-electron chi connectivity index (χ4n) is 5.22. The van der Waals surface area contributed by atoms with Gasteiger partial charge in [-0.15, -0.1) is 0 Å². The largest absolute Gasteiger partial charge is 0.444 e. The lowest BCUT2D eigenvalue weighted by Crippen LogP contribution is -2.61. The number of benzene rings is 2. The fourth-order valence-corrected chi connectivity index (χ4v) is 5.22. The van der Waals surface area contributed by atoms with Gasteiger partial charge >= 0.3 is 6.09 Å². The predicted octanol–water partition coefficient (Wildman–Crippen LogP) is 3.08. The molecular weight excluding hydrogens is 508 g/mol. The van der Waals surface area contributed by atoms with Crippen LogP contribution in [-0.4, -0.2) is 96.2 Å². The van der Waals surface area contributed by atoms with E-state index >= 15 is 0 Å². The number of nitrogens with zero attached hydrogens (tertiary/aromatic N) is 3. The quantitative estimate of drug-likeness (QED) is 0.543. The molecule has 216 valence electrons. The maximum Gasteiger partial charge on any atom is 0.408 e. The lowest BCUT2D eigenvalue weighted by Gasteiger charge is -2.43. The van der Waals surface area contributed by atoms with Gasteiger partial charge in [-0.1, -0.05) is 60.7 Å². The van der Waals surface area contributed by atoms with Gasteiger partial charge in [0.15, 0.2) is 0 Å². The van der Waals surface area contributed by atoms with E-state index in [1.54, 1.807) is 25.7 Å². The second kappa shape index (κ2) is 13.8. The SMILES string of the molecule is CC(C)(C)OC(=O)N[C@@H](CC(=O)N1CCOCC1)C(=O)N1CCN(Cc2ccccc2)C[C@@H]1Cc1ccccc1. The third-order valence-corrected chi connectivity index (χ3v) is 7.14. The summed E-state index contributed by atoms with van der Waals surface area (Å²) in [6.45, 7) is 9.86. The first-order valence-corrected chi connectivity index (χ1v) is 14.1. The van der Waals surface area contributed by atoms with Crippen LogP contribution in [0.4, 0.5) is 4.79 Å². The third kappa shape index (κ3) is 8.79. The van der Waals surface area contributed by atoms with Gasteiger partial charge in [-0.2, -0.15) is 0 Å². The van der Waals surface area contributed by atoms with Crippen LogP contribution in [0.3, 0.4) is 0 Å².